The van der Waals surface area contributed by atoms with E-state index in [4.69, 9.17) is 9.78 Å². The Morgan fingerprint density at radius 3 is 3.06 bits per heavy atom. The fourth-order valence-corrected chi connectivity index (χ4v) is 2.07. The van der Waals surface area contributed by atoms with E-state index in [0.717, 1.165) is 16.6 Å². The molecule has 2 heterocycles. The van der Waals surface area contributed by atoms with Gasteiger partial charge in [0.15, 0.2) is 11.5 Å². The number of rotatable bonds is 1. The third-order valence-corrected chi connectivity index (χ3v) is 3.16. The Labute approximate surface area is 104 Å². The second-order valence-corrected chi connectivity index (χ2v) is 4.21. The molecule has 0 bridgehead atoms. The molecular formula is C11H5BrN4O. The van der Waals surface area contributed by atoms with Gasteiger partial charge in [0.05, 0.1) is 17.4 Å². The number of nitrogens with zero attached hydrogens (tertiary/aromatic N) is 3. The largest absolute Gasteiger partial charge is 0.354 e. The first kappa shape index (κ1) is 10.1. The Kier molecular flexibility index (Phi) is 2.20. The summed E-state index contributed by atoms with van der Waals surface area (Å²) >= 11 is 3.30. The SMILES string of the molecule is N#Cc1noc(-c2ccc3nc[nH]c3c2)c1Br. The number of benzene rings is 1. The number of H-pyrrole nitrogens is 1. The molecule has 0 aliphatic rings. The lowest BCUT2D eigenvalue weighted by molar-refractivity contribution is 0.430. The third kappa shape index (κ3) is 1.52. The van der Waals surface area contributed by atoms with Crippen LogP contribution in [0.2, 0.25) is 0 Å². The molecule has 3 rings (SSSR count). The van der Waals surface area contributed by atoms with Crippen LogP contribution >= 0.6 is 15.9 Å². The first-order chi connectivity index (χ1) is 8.29. The Morgan fingerprint density at radius 1 is 1.41 bits per heavy atom. The zero-order chi connectivity index (χ0) is 11.8. The first-order valence-electron chi connectivity index (χ1n) is 4.78. The molecule has 0 radical (unpaired) electrons. The Balaban J connectivity index is 2.20. The van der Waals surface area contributed by atoms with Crippen molar-refractivity contribution in [3.63, 3.8) is 0 Å². The summed E-state index contributed by atoms with van der Waals surface area (Å²) in [5.74, 6) is 0.540. The number of fused-ring (bicyclic) bond motifs is 1. The van der Waals surface area contributed by atoms with Crippen molar-refractivity contribution < 1.29 is 4.52 Å². The number of hydrogen-bond donors (Lipinski definition) is 1. The highest BCUT2D eigenvalue weighted by molar-refractivity contribution is 9.10. The van der Waals surface area contributed by atoms with Crippen molar-refractivity contribution in [1.29, 1.82) is 5.26 Å². The summed E-state index contributed by atoms with van der Waals surface area (Å²) in [6.45, 7) is 0. The Bertz CT molecular complexity index is 737. The molecule has 82 valence electrons. The number of imidazole rings is 1. The zero-order valence-electron chi connectivity index (χ0n) is 8.44. The highest BCUT2D eigenvalue weighted by Crippen LogP contribution is 2.31. The fraction of sp³-hybridized carbons (Fsp3) is 0. The highest BCUT2D eigenvalue weighted by Gasteiger charge is 2.15. The molecule has 0 spiro atoms. The van der Waals surface area contributed by atoms with Crippen LogP contribution in [0.3, 0.4) is 0 Å². The van der Waals surface area contributed by atoms with Crippen LogP contribution in [0.15, 0.2) is 33.5 Å². The summed E-state index contributed by atoms with van der Waals surface area (Å²) in [7, 11) is 0. The van der Waals surface area contributed by atoms with E-state index in [9.17, 15) is 0 Å². The van der Waals surface area contributed by atoms with E-state index in [1.807, 2.05) is 24.3 Å². The quantitative estimate of drug-likeness (QED) is 0.747. The van der Waals surface area contributed by atoms with Crippen molar-refractivity contribution in [2.75, 3.05) is 0 Å². The van der Waals surface area contributed by atoms with Crippen LogP contribution in [-0.4, -0.2) is 15.1 Å². The molecule has 3 aromatic rings. The summed E-state index contributed by atoms with van der Waals surface area (Å²) in [6, 6.07) is 7.59. The van der Waals surface area contributed by atoms with E-state index in [0.29, 0.717) is 10.2 Å². The molecule has 0 amide bonds. The van der Waals surface area contributed by atoms with E-state index >= 15 is 0 Å². The van der Waals surface area contributed by atoms with E-state index < -0.39 is 0 Å². The zero-order valence-corrected chi connectivity index (χ0v) is 10.0. The van der Waals surface area contributed by atoms with E-state index in [-0.39, 0.29) is 5.69 Å². The number of aromatic amines is 1. The predicted octanol–water partition coefficient (Wildman–Crippen LogP) is 2.85. The maximum Gasteiger partial charge on any atom is 0.198 e. The van der Waals surface area contributed by atoms with Crippen molar-refractivity contribution in [1.82, 2.24) is 15.1 Å². The van der Waals surface area contributed by atoms with Crippen molar-refractivity contribution in [2.24, 2.45) is 0 Å². The molecule has 0 aliphatic carbocycles. The van der Waals surface area contributed by atoms with Crippen LogP contribution in [0, 0.1) is 11.3 Å². The summed E-state index contributed by atoms with van der Waals surface area (Å²) in [6.07, 6.45) is 1.63. The molecule has 17 heavy (non-hydrogen) atoms. The van der Waals surface area contributed by atoms with Gasteiger partial charge in [-0.2, -0.15) is 5.26 Å². The first-order valence-corrected chi connectivity index (χ1v) is 5.57. The van der Waals surface area contributed by atoms with Gasteiger partial charge in [-0.3, -0.25) is 0 Å². The van der Waals surface area contributed by atoms with Crippen LogP contribution in [0.4, 0.5) is 0 Å². The van der Waals surface area contributed by atoms with Crippen LogP contribution in [0.25, 0.3) is 22.4 Å². The van der Waals surface area contributed by atoms with Crippen LogP contribution in [0.1, 0.15) is 5.69 Å². The molecule has 5 nitrogen and oxygen atoms in total. The van der Waals surface area contributed by atoms with Crippen molar-refractivity contribution in [3.8, 4) is 17.4 Å². The molecule has 0 saturated heterocycles. The lowest BCUT2D eigenvalue weighted by Crippen LogP contribution is -1.77. The van der Waals surface area contributed by atoms with E-state index in [1.165, 1.54) is 0 Å². The molecule has 0 aliphatic heterocycles. The summed E-state index contributed by atoms with van der Waals surface area (Å²) < 4.78 is 5.71. The van der Waals surface area contributed by atoms with Crippen molar-refractivity contribution in [2.45, 2.75) is 0 Å². The van der Waals surface area contributed by atoms with Gasteiger partial charge in [0.1, 0.15) is 10.5 Å². The smallest absolute Gasteiger partial charge is 0.198 e. The summed E-state index contributed by atoms with van der Waals surface area (Å²) in [5, 5.41) is 12.5. The monoisotopic (exact) mass is 288 g/mol. The molecule has 0 saturated carbocycles. The van der Waals surface area contributed by atoms with Gasteiger partial charge < -0.3 is 9.51 Å². The minimum absolute atomic E-state index is 0.240. The standard InChI is InChI=1S/C11H5BrN4O/c12-10-9(4-13)16-17-11(10)6-1-2-7-8(3-6)15-5-14-7/h1-3,5H,(H,14,15). The number of aromatic nitrogens is 3. The maximum absolute atomic E-state index is 8.80. The van der Waals surface area contributed by atoms with Gasteiger partial charge in [-0.1, -0.05) is 5.16 Å². The van der Waals surface area contributed by atoms with Gasteiger partial charge >= 0.3 is 0 Å². The molecule has 0 unspecified atom stereocenters. The second-order valence-electron chi connectivity index (χ2n) is 3.42. The number of halogens is 1. The van der Waals surface area contributed by atoms with Crippen LogP contribution in [-0.2, 0) is 0 Å². The topological polar surface area (TPSA) is 78.5 Å². The van der Waals surface area contributed by atoms with Crippen LogP contribution < -0.4 is 0 Å². The Morgan fingerprint density at radius 2 is 2.29 bits per heavy atom. The van der Waals surface area contributed by atoms with Gasteiger partial charge in [-0.25, -0.2) is 4.98 Å². The molecule has 6 heteroatoms. The average molecular weight is 289 g/mol. The van der Waals surface area contributed by atoms with Gasteiger partial charge in [0.2, 0.25) is 0 Å². The molecule has 0 atom stereocenters. The highest BCUT2D eigenvalue weighted by atomic mass is 79.9. The van der Waals surface area contributed by atoms with Gasteiger partial charge in [-0.15, -0.1) is 0 Å². The summed E-state index contributed by atoms with van der Waals surface area (Å²) in [5.41, 5.74) is 2.86. The fourth-order valence-electron chi connectivity index (χ4n) is 1.60. The normalized spacial score (nSPS) is 10.6. The number of nitrogens with one attached hydrogen (secondary N) is 1. The lowest BCUT2D eigenvalue weighted by Gasteiger charge is -1.96. The Hall–Kier alpha value is -2.13. The predicted molar refractivity (Wildman–Crippen MR) is 64.0 cm³/mol. The van der Waals surface area contributed by atoms with Crippen molar-refractivity contribution in [3.05, 3.63) is 34.7 Å². The molecule has 1 N–H and O–H groups in total. The minimum Gasteiger partial charge on any atom is -0.354 e. The maximum atomic E-state index is 8.80. The van der Waals surface area contributed by atoms with Crippen molar-refractivity contribution >= 4 is 27.0 Å². The number of nitriles is 1. The molecule has 1 aromatic carbocycles. The molecule has 0 fully saturated rings. The third-order valence-electron chi connectivity index (χ3n) is 2.42. The number of hydrogen-bond acceptors (Lipinski definition) is 4. The van der Waals surface area contributed by atoms with Gasteiger partial charge in [0.25, 0.3) is 0 Å². The van der Waals surface area contributed by atoms with E-state index in [1.54, 1.807) is 6.33 Å². The second kappa shape index (κ2) is 3.71. The van der Waals surface area contributed by atoms with Crippen LogP contribution in [0.5, 0.6) is 0 Å². The average Bonchev–Trinajstić information content (AvgIpc) is 2.94. The van der Waals surface area contributed by atoms with Gasteiger partial charge in [0, 0.05) is 5.56 Å². The van der Waals surface area contributed by atoms with E-state index in [2.05, 4.69) is 31.1 Å². The molecule has 2 aromatic heterocycles. The minimum atomic E-state index is 0.240. The summed E-state index contributed by atoms with van der Waals surface area (Å²) in [4.78, 5) is 7.15. The lowest BCUT2D eigenvalue weighted by atomic mass is 10.1. The molecular weight excluding hydrogens is 284 g/mol. The van der Waals surface area contributed by atoms with Gasteiger partial charge in [-0.05, 0) is 34.1 Å².